The average molecular weight is 303 g/mol. The third kappa shape index (κ3) is 19.7. The molecular weight excluding hydrogens is 291 g/mol. The minimum absolute atomic E-state index is 0.109. The van der Waals surface area contributed by atoms with Gasteiger partial charge in [-0.15, -0.1) is 22.5 Å². The summed E-state index contributed by atoms with van der Waals surface area (Å²) in [5.41, 5.74) is 0. The predicted octanol–water partition coefficient (Wildman–Crippen LogP) is 3.92. The summed E-state index contributed by atoms with van der Waals surface area (Å²) < 4.78 is 4.67. The van der Waals surface area contributed by atoms with E-state index in [0.29, 0.717) is 0 Å². The average Bonchev–Trinajstić information content (AvgIpc) is 2.23. The quantitative estimate of drug-likeness (QED) is 0.449. The van der Waals surface area contributed by atoms with Gasteiger partial charge in [-0.25, -0.2) is 4.79 Å². The monoisotopic (exact) mass is 302 g/mol. The van der Waals surface area contributed by atoms with Gasteiger partial charge in [0.2, 0.25) is 0 Å². The molecule has 0 heterocycles. The molecule has 4 atom stereocenters. The van der Waals surface area contributed by atoms with Crippen molar-refractivity contribution < 1.29 is 9.53 Å². The molecule has 0 fully saturated rings. The smallest absolute Gasteiger partial charge is 0.330 e. The molecule has 0 saturated heterocycles. The Kier molecular flexibility index (Phi) is 29.1. The fourth-order valence-electron chi connectivity index (χ4n) is 0.245. The highest BCUT2D eigenvalue weighted by molar-refractivity contribution is 7.68. The van der Waals surface area contributed by atoms with Gasteiger partial charge in [0.05, 0.1) is 0 Å². The molecule has 0 spiro atoms. The second-order valence-corrected chi connectivity index (χ2v) is 3.08. The van der Waals surface area contributed by atoms with E-state index in [1.165, 1.54) is 0 Å². The third-order valence-corrected chi connectivity index (χ3v) is 1.96. The van der Waals surface area contributed by atoms with E-state index in [4.69, 9.17) is 11.2 Å². The standard InChI is InChI=1S/C5H8ClO2P.2ClH2P/c1-3-5(7)8-4(2)9-6;2*1-2/h3-4,9H,1H2,2H3;2*2H2. The van der Waals surface area contributed by atoms with Crippen LogP contribution in [0, 0.1) is 0 Å². The van der Waals surface area contributed by atoms with Crippen molar-refractivity contribution in [2.45, 2.75) is 12.8 Å². The zero-order chi connectivity index (χ0) is 11.3. The highest BCUT2D eigenvalue weighted by Gasteiger charge is 2.02. The van der Waals surface area contributed by atoms with E-state index >= 15 is 0 Å². The Morgan fingerprint density at radius 2 is 1.92 bits per heavy atom. The summed E-state index contributed by atoms with van der Waals surface area (Å²) in [6, 6.07) is 0. The lowest BCUT2D eigenvalue weighted by Gasteiger charge is -2.05. The van der Waals surface area contributed by atoms with Crippen LogP contribution in [0.5, 0.6) is 0 Å². The van der Waals surface area contributed by atoms with E-state index < -0.39 is 5.97 Å². The lowest BCUT2D eigenvalue weighted by Crippen LogP contribution is -2.05. The maximum absolute atomic E-state index is 10.4. The number of carbonyl (C=O) groups excluding carboxylic acids is 1. The molecule has 80 valence electrons. The minimum atomic E-state index is -0.421. The van der Waals surface area contributed by atoms with Crippen LogP contribution in [0.1, 0.15) is 6.92 Å². The Morgan fingerprint density at radius 1 is 1.54 bits per heavy atom. The lowest BCUT2D eigenvalue weighted by molar-refractivity contribution is -0.138. The lowest BCUT2D eigenvalue weighted by atomic mass is 10.6. The summed E-state index contributed by atoms with van der Waals surface area (Å²) in [4.78, 5) is 10.4. The highest BCUT2D eigenvalue weighted by atomic mass is 35.7. The van der Waals surface area contributed by atoms with Gasteiger partial charge in [-0.1, -0.05) is 17.8 Å². The molecule has 13 heavy (non-hydrogen) atoms. The van der Waals surface area contributed by atoms with Gasteiger partial charge < -0.3 is 4.74 Å². The van der Waals surface area contributed by atoms with Crippen LogP contribution >= 0.6 is 58.8 Å². The number of hydrogen-bond acceptors (Lipinski definition) is 2. The molecule has 4 unspecified atom stereocenters. The van der Waals surface area contributed by atoms with Crippen molar-refractivity contribution >= 4 is 64.8 Å². The SMILES string of the molecule is C=CC(=O)OC(C)PCl.PCl.PCl. The number of hydrogen-bond donors (Lipinski definition) is 0. The largest absolute Gasteiger partial charge is 0.454 e. The van der Waals surface area contributed by atoms with Crippen molar-refractivity contribution in [2.24, 2.45) is 0 Å². The van der Waals surface area contributed by atoms with Crippen LogP contribution in [0.2, 0.25) is 0 Å². The first-order valence-corrected chi connectivity index (χ1v) is 8.41. The maximum atomic E-state index is 10.4. The Morgan fingerprint density at radius 3 is 2.15 bits per heavy atom. The Balaban J connectivity index is -0.000000218. The predicted molar refractivity (Wildman–Crippen MR) is 71.0 cm³/mol. The summed E-state index contributed by atoms with van der Waals surface area (Å²) in [5.74, 6) is -0.618. The first-order valence-electron chi connectivity index (χ1n) is 2.83. The molecule has 0 amide bonds. The number of rotatable bonds is 3. The Hall–Kier alpha value is 1.37. The molecule has 0 aromatic carbocycles. The van der Waals surface area contributed by atoms with Crippen LogP contribution in [0.25, 0.3) is 0 Å². The zero-order valence-corrected chi connectivity index (χ0v) is 12.5. The number of esters is 1. The van der Waals surface area contributed by atoms with Gasteiger partial charge in [-0.05, 0) is 24.1 Å². The topological polar surface area (TPSA) is 26.3 Å². The van der Waals surface area contributed by atoms with E-state index in [1.807, 2.05) is 17.2 Å². The molecule has 2 nitrogen and oxygen atoms in total. The molecule has 0 saturated carbocycles. The summed E-state index contributed by atoms with van der Waals surface area (Å²) in [6.07, 6.45) is 1.12. The van der Waals surface area contributed by atoms with E-state index in [0.717, 1.165) is 6.08 Å². The molecule has 0 aliphatic heterocycles. The molecule has 0 aromatic heterocycles. The second kappa shape index (κ2) is 19.0. The first kappa shape index (κ1) is 19.9. The summed E-state index contributed by atoms with van der Waals surface area (Å²) in [5, 5.41) is 0. The van der Waals surface area contributed by atoms with E-state index in [1.54, 1.807) is 6.92 Å². The number of ether oxygens (including phenoxy) is 1. The van der Waals surface area contributed by atoms with Crippen LogP contribution in [-0.4, -0.2) is 11.8 Å². The second-order valence-electron chi connectivity index (χ2n) is 1.39. The van der Waals surface area contributed by atoms with Crippen LogP contribution in [0.3, 0.4) is 0 Å². The Bertz CT molecular complexity index is 126. The third-order valence-electron chi connectivity index (χ3n) is 0.613. The van der Waals surface area contributed by atoms with E-state index in [9.17, 15) is 4.79 Å². The van der Waals surface area contributed by atoms with Gasteiger partial charge in [-0.2, -0.15) is 0 Å². The van der Waals surface area contributed by atoms with Gasteiger partial charge in [0.15, 0.2) is 0 Å². The van der Waals surface area contributed by atoms with Gasteiger partial charge >= 0.3 is 5.97 Å². The molecule has 8 heteroatoms. The van der Waals surface area contributed by atoms with Gasteiger partial charge in [0, 0.05) is 14.0 Å². The van der Waals surface area contributed by atoms with Crippen molar-refractivity contribution in [3.8, 4) is 0 Å². The van der Waals surface area contributed by atoms with Crippen molar-refractivity contribution in [1.29, 1.82) is 0 Å². The maximum Gasteiger partial charge on any atom is 0.330 e. The molecule has 0 bridgehead atoms. The molecule has 0 aromatic rings. The molecular formula is C5H12Cl3O2P3. The molecule has 0 radical (unpaired) electrons. The first-order chi connectivity index (χ1) is 6.20. The Labute approximate surface area is 99.7 Å². The van der Waals surface area contributed by atoms with Crippen LogP contribution in [0.4, 0.5) is 0 Å². The number of halogens is 3. The molecule has 0 rings (SSSR count). The van der Waals surface area contributed by atoms with Crippen molar-refractivity contribution in [3.05, 3.63) is 12.7 Å². The van der Waals surface area contributed by atoms with Crippen molar-refractivity contribution in [2.75, 3.05) is 0 Å². The van der Waals surface area contributed by atoms with E-state index in [-0.39, 0.29) is 13.8 Å². The number of carbonyl (C=O) groups is 1. The fraction of sp³-hybridized carbons (Fsp3) is 0.400. The van der Waals surface area contributed by atoms with Gasteiger partial charge in [0.25, 0.3) is 0 Å². The molecule has 0 aliphatic rings. The summed E-state index contributed by atoms with van der Waals surface area (Å²) >= 11 is 14.5. The van der Waals surface area contributed by atoms with Gasteiger partial charge in [-0.3, -0.25) is 0 Å². The van der Waals surface area contributed by atoms with E-state index in [2.05, 4.69) is 33.8 Å². The van der Waals surface area contributed by atoms with Crippen molar-refractivity contribution in [3.63, 3.8) is 0 Å². The van der Waals surface area contributed by atoms with Crippen molar-refractivity contribution in [1.82, 2.24) is 0 Å². The molecule has 0 N–H and O–H groups in total. The normalized spacial score (nSPS) is 10.3. The summed E-state index contributed by atoms with van der Waals surface area (Å²) in [7, 11) is 3.89. The van der Waals surface area contributed by atoms with Crippen LogP contribution < -0.4 is 0 Å². The fourth-order valence-corrected chi connectivity index (χ4v) is 0.539. The minimum Gasteiger partial charge on any atom is -0.454 e. The molecule has 0 aliphatic carbocycles. The summed E-state index contributed by atoms with van der Waals surface area (Å²) in [6.45, 7) is 4.96. The van der Waals surface area contributed by atoms with Crippen LogP contribution in [0.15, 0.2) is 12.7 Å². The highest BCUT2D eigenvalue weighted by Crippen LogP contribution is 2.24. The zero-order valence-electron chi connectivity index (χ0n) is 6.97. The van der Waals surface area contributed by atoms with Crippen LogP contribution in [-0.2, 0) is 9.53 Å². The van der Waals surface area contributed by atoms with Gasteiger partial charge in [0.1, 0.15) is 5.85 Å².